The Bertz CT molecular complexity index is 985. The van der Waals surface area contributed by atoms with E-state index in [1.165, 1.54) is 12.1 Å². The summed E-state index contributed by atoms with van der Waals surface area (Å²) in [5, 5.41) is 0. The molecule has 1 amide bonds. The van der Waals surface area contributed by atoms with E-state index in [1.807, 2.05) is 18.2 Å². The smallest absolute Gasteiger partial charge is 0.253 e. The lowest BCUT2D eigenvalue weighted by molar-refractivity contribution is 0.0784. The Hall–Kier alpha value is -1.90. The number of sulfonamides is 1. The van der Waals surface area contributed by atoms with Gasteiger partial charge in [-0.05, 0) is 55.3 Å². The number of nitrogens with zero attached hydrogens (tertiary/aromatic N) is 2. The molecule has 30 heavy (non-hydrogen) atoms. The molecule has 1 aliphatic rings. The number of methoxy groups -OCH3 is 1. The van der Waals surface area contributed by atoms with E-state index in [0.717, 1.165) is 35.7 Å². The van der Waals surface area contributed by atoms with Crippen molar-refractivity contribution in [3.8, 4) is 5.75 Å². The molecule has 0 bridgehead atoms. The van der Waals surface area contributed by atoms with Crippen LogP contribution in [0.1, 0.15) is 41.6 Å². The summed E-state index contributed by atoms with van der Waals surface area (Å²) in [7, 11) is -0.216. The molecule has 3 rings (SSSR count). The maximum atomic E-state index is 12.9. The van der Waals surface area contributed by atoms with E-state index in [4.69, 9.17) is 4.74 Å². The monoisotopic (exact) mass is 494 g/mol. The van der Waals surface area contributed by atoms with Crippen LogP contribution in [0.2, 0.25) is 0 Å². The summed E-state index contributed by atoms with van der Waals surface area (Å²) < 4.78 is 33.7. The zero-order chi connectivity index (χ0) is 21.7. The number of halogens is 1. The second-order valence-electron chi connectivity index (χ2n) is 7.46. The summed E-state index contributed by atoms with van der Waals surface area (Å²) in [5.74, 6) is 0.521. The van der Waals surface area contributed by atoms with Crippen LogP contribution in [0.3, 0.4) is 0 Å². The second-order valence-corrected chi connectivity index (χ2v) is 10.3. The summed E-state index contributed by atoms with van der Waals surface area (Å²) >= 11 is 3.44. The third-order valence-corrected chi connectivity index (χ3v) is 7.71. The number of hydrogen-bond acceptors (Lipinski definition) is 4. The molecule has 0 N–H and O–H groups in total. The molecule has 0 spiro atoms. The molecule has 0 saturated carbocycles. The molecule has 162 valence electrons. The molecule has 0 aromatic heterocycles. The summed E-state index contributed by atoms with van der Waals surface area (Å²) in [6, 6.07) is 11.9. The third kappa shape index (κ3) is 5.22. The first-order valence-electron chi connectivity index (χ1n) is 10.0. The van der Waals surface area contributed by atoms with Crippen molar-refractivity contribution < 1.29 is 17.9 Å². The Kier molecular flexibility index (Phi) is 7.55. The topological polar surface area (TPSA) is 66.9 Å². The summed E-state index contributed by atoms with van der Waals surface area (Å²) in [6.07, 6.45) is 3.91. The number of carbonyl (C=O) groups is 1. The summed E-state index contributed by atoms with van der Waals surface area (Å²) in [5.41, 5.74) is 1.32. The van der Waals surface area contributed by atoms with Gasteiger partial charge in [-0.25, -0.2) is 8.42 Å². The minimum atomic E-state index is -3.52. The standard InChI is InChI=1S/C22H27BrN2O4S/c1-24(16-18-15-19(23)9-12-21(18)29-2)22(26)17-7-10-20(11-8-17)30(27,28)25-13-5-3-4-6-14-25/h7-12,15H,3-6,13-14,16H2,1-2H3. The van der Waals surface area contributed by atoms with Crippen molar-refractivity contribution in [3.63, 3.8) is 0 Å². The molecule has 8 heteroatoms. The first-order valence-corrected chi connectivity index (χ1v) is 12.2. The van der Waals surface area contributed by atoms with Crippen LogP contribution in [0.5, 0.6) is 5.75 Å². The van der Waals surface area contributed by atoms with Gasteiger partial charge in [0.2, 0.25) is 10.0 Å². The SMILES string of the molecule is COc1ccc(Br)cc1CN(C)C(=O)c1ccc(S(=O)(=O)N2CCCCCC2)cc1. The lowest BCUT2D eigenvalue weighted by atomic mass is 10.1. The van der Waals surface area contributed by atoms with E-state index in [-0.39, 0.29) is 10.8 Å². The normalized spacial score (nSPS) is 15.4. The van der Waals surface area contributed by atoms with Gasteiger partial charge in [0.25, 0.3) is 5.91 Å². The second kappa shape index (κ2) is 9.94. The van der Waals surface area contributed by atoms with Crippen LogP contribution in [-0.2, 0) is 16.6 Å². The molecule has 1 heterocycles. The van der Waals surface area contributed by atoms with Crippen LogP contribution in [0.25, 0.3) is 0 Å². The first kappa shape index (κ1) is 22.8. The fraction of sp³-hybridized carbons (Fsp3) is 0.409. The van der Waals surface area contributed by atoms with Crippen molar-refractivity contribution in [1.82, 2.24) is 9.21 Å². The van der Waals surface area contributed by atoms with Gasteiger partial charge in [0, 0.05) is 42.3 Å². The molecule has 1 saturated heterocycles. The van der Waals surface area contributed by atoms with Gasteiger partial charge in [-0.2, -0.15) is 4.31 Å². The Morgan fingerprint density at radius 1 is 1.07 bits per heavy atom. The van der Waals surface area contributed by atoms with Crippen LogP contribution in [-0.4, -0.2) is 50.8 Å². The lowest BCUT2D eigenvalue weighted by Gasteiger charge is -2.21. The summed E-state index contributed by atoms with van der Waals surface area (Å²) in [6.45, 7) is 1.48. The highest BCUT2D eigenvalue weighted by Crippen LogP contribution is 2.25. The first-order chi connectivity index (χ1) is 14.3. The maximum absolute atomic E-state index is 12.9. The van der Waals surface area contributed by atoms with Crippen molar-refractivity contribution in [3.05, 3.63) is 58.1 Å². The van der Waals surface area contributed by atoms with Crippen molar-refractivity contribution in [1.29, 1.82) is 0 Å². The van der Waals surface area contributed by atoms with Gasteiger partial charge in [-0.3, -0.25) is 4.79 Å². The van der Waals surface area contributed by atoms with Gasteiger partial charge in [-0.1, -0.05) is 28.8 Å². The number of rotatable bonds is 6. The molecular formula is C22H27BrN2O4S. The predicted octanol–water partition coefficient (Wildman–Crippen LogP) is 4.29. The number of amides is 1. The number of carbonyl (C=O) groups excluding carboxylic acids is 1. The highest BCUT2D eigenvalue weighted by Gasteiger charge is 2.25. The van der Waals surface area contributed by atoms with Gasteiger partial charge in [-0.15, -0.1) is 0 Å². The molecule has 6 nitrogen and oxygen atoms in total. The lowest BCUT2D eigenvalue weighted by Crippen LogP contribution is -2.32. The van der Waals surface area contributed by atoms with Gasteiger partial charge in [0.15, 0.2) is 0 Å². The highest BCUT2D eigenvalue weighted by molar-refractivity contribution is 9.10. The zero-order valence-corrected chi connectivity index (χ0v) is 19.7. The Labute approximate surface area is 187 Å². The molecular weight excluding hydrogens is 468 g/mol. The number of hydrogen-bond donors (Lipinski definition) is 0. The highest BCUT2D eigenvalue weighted by atomic mass is 79.9. The van der Waals surface area contributed by atoms with E-state index < -0.39 is 10.0 Å². The fourth-order valence-electron chi connectivity index (χ4n) is 3.62. The average Bonchev–Trinajstić information content (AvgIpc) is 3.03. The molecule has 0 unspecified atom stereocenters. The van der Waals surface area contributed by atoms with Crippen molar-refractivity contribution in [2.24, 2.45) is 0 Å². The van der Waals surface area contributed by atoms with Crippen molar-refractivity contribution in [2.75, 3.05) is 27.2 Å². The Morgan fingerprint density at radius 3 is 2.30 bits per heavy atom. The molecule has 1 aliphatic heterocycles. The quantitative estimate of drug-likeness (QED) is 0.600. The molecule has 2 aromatic carbocycles. The van der Waals surface area contributed by atoms with Crippen LogP contribution < -0.4 is 4.74 Å². The Morgan fingerprint density at radius 2 is 1.70 bits per heavy atom. The van der Waals surface area contributed by atoms with Crippen molar-refractivity contribution in [2.45, 2.75) is 37.1 Å². The van der Waals surface area contributed by atoms with E-state index >= 15 is 0 Å². The summed E-state index contributed by atoms with van der Waals surface area (Å²) in [4.78, 5) is 14.7. The minimum Gasteiger partial charge on any atom is -0.496 e. The largest absolute Gasteiger partial charge is 0.496 e. The third-order valence-electron chi connectivity index (χ3n) is 5.30. The maximum Gasteiger partial charge on any atom is 0.253 e. The van der Waals surface area contributed by atoms with Crippen LogP contribution in [0.15, 0.2) is 51.8 Å². The molecule has 0 atom stereocenters. The van der Waals surface area contributed by atoms with Gasteiger partial charge < -0.3 is 9.64 Å². The van der Waals surface area contributed by atoms with Gasteiger partial charge in [0.05, 0.1) is 12.0 Å². The van der Waals surface area contributed by atoms with E-state index in [2.05, 4.69) is 15.9 Å². The van der Waals surface area contributed by atoms with E-state index in [0.29, 0.717) is 30.9 Å². The Balaban J connectivity index is 1.74. The molecule has 2 aromatic rings. The van der Waals surface area contributed by atoms with Gasteiger partial charge >= 0.3 is 0 Å². The molecule has 0 aliphatic carbocycles. The number of benzene rings is 2. The predicted molar refractivity (Wildman–Crippen MR) is 120 cm³/mol. The van der Waals surface area contributed by atoms with E-state index in [9.17, 15) is 13.2 Å². The zero-order valence-electron chi connectivity index (χ0n) is 17.3. The van der Waals surface area contributed by atoms with Crippen molar-refractivity contribution >= 4 is 31.9 Å². The van der Waals surface area contributed by atoms with Crippen LogP contribution in [0.4, 0.5) is 0 Å². The minimum absolute atomic E-state index is 0.184. The average molecular weight is 495 g/mol. The van der Waals surface area contributed by atoms with Crippen LogP contribution >= 0.6 is 15.9 Å². The molecule has 1 fully saturated rings. The number of ether oxygens (including phenoxy) is 1. The van der Waals surface area contributed by atoms with E-state index in [1.54, 1.807) is 35.5 Å². The van der Waals surface area contributed by atoms with Crippen LogP contribution in [0, 0.1) is 0 Å². The fourth-order valence-corrected chi connectivity index (χ4v) is 5.54. The van der Waals surface area contributed by atoms with Gasteiger partial charge in [0.1, 0.15) is 5.75 Å². The molecule has 0 radical (unpaired) electrons.